The summed E-state index contributed by atoms with van der Waals surface area (Å²) in [5.74, 6) is -0.166. The summed E-state index contributed by atoms with van der Waals surface area (Å²) in [6.45, 7) is 3.11. The number of fused-ring (bicyclic) bond motifs is 1. The maximum atomic E-state index is 11.9. The van der Waals surface area contributed by atoms with Crippen LogP contribution in [0.25, 0.3) is 0 Å². The minimum absolute atomic E-state index is 0.123. The van der Waals surface area contributed by atoms with Gasteiger partial charge in [0.2, 0.25) is 5.91 Å². The number of carbonyl (C=O) groups is 2. The third-order valence-corrected chi connectivity index (χ3v) is 3.98. The minimum Gasteiger partial charge on any atom is -0.318 e. The molecule has 1 unspecified atom stereocenters. The highest BCUT2D eigenvalue weighted by Gasteiger charge is 2.54. The van der Waals surface area contributed by atoms with Crippen LogP contribution >= 0.6 is 23.2 Å². The molecule has 4 nitrogen and oxygen atoms in total. The van der Waals surface area contributed by atoms with Crippen molar-refractivity contribution in [3.63, 3.8) is 0 Å². The predicted molar refractivity (Wildman–Crippen MR) is 61.2 cm³/mol. The zero-order valence-corrected chi connectivity index (χ0v) is 10.6. The number of halogens is 2. The molecule has 1 atom stereocenters. The van der Waals surface area contributed by atoms with Gasteiger partial charge in [0, 0.05) is 19.5 Å². The van der Waals surface area contributed by atoms with E-state index < -0.39 is 10.5 Å². The van der Waals surface area contributed by atoms with E-state index in [0.29, 0.717) is 25.9 Å². The summed E-state index contributed by atoms with van der Waals surface area (Å²) >= 11 is 11.2. The van der Waals surface area contributed by atoms with Gasteiger partial charge in [0.05, 0.1) is 0 Å². The van der Waals surface area contributed by atoms with Gasteiger partial charge in [-0.05, 0) is 12.8 Å². The van der Waals surface area contributed by atoms with E-state index in [-0.39, 0.29) is 11.8 Å². The summed E-state index contributed by atoms with van der Waals surface area (Å²) in [5.41, 5.74) is -0.462. The van der Waals surface area contributed by atoms with E-state index in [1.165, 1.54) is 0 Å². The fourth-order valence-electron chi connectivity index (χ4n) is 2.82. The molecule has 2 aliphatic heterocycles. The quantitative estimate of drug-likeness (QED) is 0.707. The van der Waals surface area contributed by atoms with Gasteiger partial charge >= 0.3 is 0 Å². The maximum Gasteiger partial charge on any atom is 0.257 e. The van der Waals surface area contributed by atoms with Crippen LogP contribution in [0.4, 0.5) is 0 Å². The average molecular weight is 265 g/mol. The molecule has 0 aromatic heterocycles. The normalized spacial score (nSPS) is 29.1. The number of hydrogen-bond acceptors (Lipinski definition) is 2. The second kappa shape index (κ2) is 4.08. The molecule has 0 aliphatic carbocycles. The van der Waals surface area contributed by atoms with Crippen LogP contribution in [0.1, 0.15) is 26.2 Å². The molecule has 2 fully saturated rings. The van der Waals surface area contributed by atoms with Crippen molar-refractivity contribution in [2.75, 3.05) is 13.1 Å². The van der Waals surface area contributed by atoms with Gasteiger partial charge in [0.1, 0.15) is 5.66 Å². The van der Waals surface area contributed by atoms with E-state index in [1.54, 1.807) is 9.80 Å². The molecule has 0 aromatic rings. The Labute approximate surface area is 104 Å². The van der Waals surface area contributed by atoms with Crippen LogP contribution in [-0.4, -0.2) is 45.2 Å². The summed E-state index contributed by atoms with van der Waals surface area (Å²) in [7, 11) is 0. The number of carbonyl (C=O) groups excluding carboxylic acids is 2. The summed E-state index contributed by atoms with van der Waals surface area (Å²) in [4.78, 5) is 26.0. The Kier molecular flexibility index (Phi) is 3.05. The molecule has 0 spiro atoms. The molecule has 0 radical (unpaired) electrons. The van der Waals surface area contributed by atoms with Crippen molar-refractivity contribution in [1.82, 2.24) is 9.80 Å². The molecule has 2 rings (SSSR count). The fourth-order valence-corrected chi connectivity index (χ4v) is 3.06. The van der Waals surface area contributed by atoms with Crippen LogP contribution in [-0.2, 0) is 9.59 Å². The van der Waals surface area contributed by atoms with Crippen LogP contribution in [0.3, 0.4) is 0 Å². The smallest absolute Gasteiger partial charge is 0.257 e. The fraction of sp³-hybridized carbons (Fsp3) is 0.800. The third kappa shape index (κ3) is 1.51. The van der Waals surface area contributed by atoms with Crippen molar-refractivity contribution < 1.29 is 9.59 Å². The highest BCUT2D eigenvalue weighted by atomic mass is 35.5. The van der Waals surface area contributed by atoms with Crippen molar-refractivity contribution in [3.8, 4) is 0 Å². The molecule has 16 heavy (non-hydrogen) atoms. The molecule has 0 saturated carbocycles. The van der Waals surface area contributed by atoms with Gasteiger partial charge < -0.3 is 9.80 Å². The van der Waals surface area contributed by atoms with Crippen molar-refractivity contribution in [1.29, 1.82) is 0 Å². The van der Waals surface area contributed by atoms with E-state index in [9.17, 15) is 9.59 Å². The van der Waals surface area contributed by atoms with Gasteiger partial charge in [-0.2, -0.15) is 0 Å². The van der Waals surface area contributed by atoms with Crippen LogP contribution in [0.2, 0.25) is 0 Å². The van der Waals surface area contributed by atoms with E-state index in [4.69, 9.17) is 23.2 Å². The second-order valence-electron chi connectivity index (χ2n) is 4.17. The SMILES string of the molecule is CCC12CCC(=O)N1CCN2C(=O)C(Cl)Cl. The summed E-state index contributed by atoms with van der Waals surface area (Å²) in [5, 5.41) is 0. The Morgan fingerprint density at radius 2 is 2.19 bits per heavy atom. The number of hydrogen-bond donors (Lipinski definition) is 0. The summed E-state index contributed by atoms with van der Waals surface area (Å²) in [6, 6.07) is 0. The lowest BCUT2D eigenvalue weighted by molar-refractivity contribution is -0.140. The first-order valence-corrected chi connectivity index (χ1v) is 6.30. The zero-order valence-electron chi connectivity index (χ0n) is 9.08. The maximum absolute atomic E-state index is 11.9. The molecule has 6 heteroatoms. The first kappa shape index (κ1) is 12.0. The first-order valence-electron chi connectivity index (χ1n) is 5.43. The van der Waals surface area contributed by atoms with E-state index >= 15 is 0 Å². The Balaban J connectivity index is 2.29. The summed E-state index contributed by atoms with van der Waals surface area (Å²) in [6.07, 6.45) is 1.92. The monoisotopic (exact) mass is 264 g/mol. The highest BCUT2D eigenvalue weighted by molar-refractivity contribution is 6.53. The van der Waals surface area contributed by atoms with Crippen LogP contribution in [0, 0.1) is 0 Å². The van der Waals surface area contributed by atoms with Gasteiger partial charge in [0.15, 0.2) is 4.84 Å². The van der Waals surface area contributed by atoms with Crippen molar-refractivity contribution in [3.05, 3.63) is 0 Å². The van der Waals surface area contributed by atoms with Crippen molar-refractivity contribution >= 4 is 35.0 Å². The highest BCUT2D eigenvalue weighted by Crippen LogP contribution is 2.40. The molecular weight excluding hydrogens is 251 g/mol. The Morgan fingerprint density at radius 1 is 1.50 bits per heavy atom. The predicted octanol–water partition coefficient (Wildman–Crippen LogP) is 1.36. The standard InChI is InChI=1S/C10H14Cl2N2O2/c1-2-10-4-3-7(15)13(10)5-6-14(10)9(16)8(11)12/h8H,2-6H2,1H3. The van der Waals surface area contributed by atoms with Gasteiger partial charge in [-0.25, -0.2) is 0 Å². The molecule has 2 aliphatic rings. The van der Waals surface area contributed by atoms with E-state index in [2.05, 4.69) is 0 Å². The van der Waals surface area contributed by atoms with Crippen molar-refractivity contribution in [2.45, 2.75) is 36.7 Å². The number of alkyl halides is 2. The average Bonchev–Trinajstić information content (AvgIpc) is 2.77. The zero-order chi connectivity index (χ0) is 11.9. The number of amides is 2. The molecule has 0 N–H and O–H groups in total. The lowest BCUT2D eigenvalue weighted by atomic mass is 10.0. The van der Waals surface area contributed by atoms with Gasteiger partial charge in [0.25, 0.3) is 5.91 Å². The topological polar surface area (TPSA) is 40.6 Å². The van der Waals surface area contributed by atoms with E-state index in [1.807, 2.05) is 6.92 Å². The molecular formula is C10H14Cl2N2O2. The van der Waals surface area contributed by atoms with Gasteiger partial charge in [-0.15, -0.1) is 0 Å². The minimum atomic E-state index is -1.04. The molecule has 90 valence electrons. The lowest BCUT2D eigenvalue weighted by Crippen LogP contribution is -2.53. The Hall–Kier alpha value is -0.480. The second-order valence-corrected chi connectivity index (χ2v) is 5.27. The summed E-state index contributed by atoms with van der Waals surface area (Å²) < 4.78 is 0. The molecule has 2 saturated heterocycles. The van der Waals surface area contributed by atoms with E-state index in [0.717, 1.165) is 6.42 Å². The molecule has 2 heterocycles. The molecule has 0 aromatic carbocycles. The lowest BCUT2D eigenvalue weighted by Gasteiger charge is -2.38. The number of rotatable bonds is 2. The van der Waals surface area contributed by atoms with Gasteiger partial charge in [-0.1, -0.05) is 30.1 Å². The third-order valence-electron chi connectivity index (χ3n) is 3.61. The van der Waals surface area contributed by atoms with Gasteiger partial charge in [-0.3, -0.25) is 9.59 Å². The van der Waals surface area contributed by atoms with Crippen molar-refractivity contribution in [2.24, 2.45) is 0 Å². The van der Waals surface area contributed by atoms with Crippen LogP contribution in [0.15, 0.2) is 0 Å². The molecule has 0 bridgehead atoms. The first-order chi connectivity index (χ1) is 7.53. The Morgan fingerprint density at radius 3 is 2.75 bits per heavy atom. The number of nitrogens with zero attached hydrogens (tertiary/aromatic N) is 2. The Bertz CT molecular complexity index is 335. The van der Waals surface area contributed by atoms with Crippen LogP contribution < -0.4 is 0 Å². The van der Waals surface area contributed by atoms with Crippen LogP contribution in [0.5, 0.6) is 0 Å². The largest absolute Gasteiger partial charge is 0.318 e. The molecule has 2 amide bonds.